The number of fused-ring (bicyclic) bond motifs is 2. The Labute approximate surface area is 443 Å². The zero-order chi connectivity index (χ0) is 54.5. The van der Waals surface area contributed by atoms with Crippen molar-refractivity contribution in [1.82, 2.24) is 29.7 Å². The van der Waals surface area contributed by atoms with Gasteiger partial charge in [0.2, 0.25) is 23.0 Å². The van der Waals surface area contributed by atoms with Crippen LogP contribution >= 0.6 is 11.6 Å². The molecule has 0 bridgehead atoms. The molecule has 0 aliphatic carbocycles. The van der Waals surface area contributed by atoms with E-state index < -0.39 is 11.2 Å². The summed E-state index contributed by atoms with van der Waals surface area (Å²) in [4.78, 5) is 68.0. The molecule has 0 fully saturated rings. The number of hydrogen-bond donors (Lipinski definition) is 6. The largest absolute Gasteiger partial charge is 0.444 e. The number of benzene rings is 4. The Balaban J connectivity index is 0.000000202. The molecule has 8 rings (SSSR count). The van der Waals surface area contributed by atoms with E-state index >= 15 is 0 Å². The molecular formula is C56H65ClN12O6. The summed E-state index contributed by atoms with van der Waals surface area (Å²) in [5.74, 6) is 1.18. The van der Waals surface area contributed by atoms with Gasteiger partial charge in [0.25, 0.3) is 0 Å². The minimum absolute atomic E-state index is 0.175. The number of nitrogens with zero attached hydrogens (tertiary/aromatic N) is 6. The van der Waals surface area contributed by atoms with Crippen LogP contribution in [0.1, 0.15) is 74.9 Å². The Kier molecular flexibility index (Phi) is 18.6. The van der Waals surface area contributed by atoms with Crippen molar-refractivity contribution in [3.05, 3.63) is 161 Å². The van der Waals surface area contributed by atoms with E-state index in [0.717, 1.165) is 62.6 Å². The van der Waals surface area contributed by atoms with Gasteiger partial charge >= 0.3 is 12.2 Å². The molecule has 0 spiro atoms. The molecule has 2 aromatic heterocycles. The highest BCUT2D eigenvalue weighted by Crippen LogP contribution is 2.31. The molecule has 0 atom stereocenters. The molecule has 19 heteroatoms. The summed E-state index contributed by atoms with van der Waals surface area (Å²) in [6.07, 6.45) is 6.76. The Hall–Kier alpha value is -8.51. The van der Waals surface area contributed by atoms with Crippen molar-refractivity contribution in [3.63, 3.8) is 0 Å². The lowest BCUT2D eigenvalue weighted by molar-refractivity contribution is -0.112. The minimum atomic E-state index is -0.532. The molecular weight excluding hydrogens is 972 g/mol. The molecule has 392 valence electrons. The van der Waals surface area contributed by atoms with E-state index in [-0.39, 0.29) is 29.3 Å². The first kappa shape index (κ1) is 55.8. The van der Waals surface area contributed by atoms with Gasteiger partial charge in [-0.05, 0) is 163 Å². The maximum Gasteiger partial charge on any atom is 0.410 e. The maximum atomic E-state index is 12.5. The Morgan fingerprint density at radius 3 is 1.60 bits per heavy atom. The van der Waals surface area contributed by atoms with E-state index in [9.17, 15) is 19.2 Å². The Bertz CT molecular complexity index is 3060. The maximum absolute atomic E-state index is 12.5. The highest BCUT2D eigenvalue weighted by atomic mass is 35.5. The number of aryl methyl sites for hydroxylation is 2. The molecule has 2 aliphatic heterocycles. The quantitative estimate of drug-likeness (QED) is 0.0426. The van der Waals surface area contributed by atoms with Gasteiger partial charge in [-0.1, -0.05) is 49.6 Å². The molecule has 4 heterocycles. The van der Waals surface area contributed by atoms with Crippen LogP contribution in [0.15, 0.2) is 123 Å². The molecule has 75 heavy (non-hydrogen) atoms. The predicted octanol–water partition coefficient (Wildman–Crippen LogP) is 11.6. The first-order valence-electron chi connectivity index (χ1n) is 24.2. The highest BCUT2D eigenvalue weighted by Gasteiger charge is 2.28. The lowest BCUT2D eigenvalue weighted by Gasteiger charge is -2.32. The number of nitrogen functional groups attached to an aromatic ring is 1. The van der Waals surface area contributed by atoms with Crippen molar-refractivity contribution in [2.75, 3.05) is 45.4 Å². The van der Waals surface area contributed by atoms with Crippen molar-refractivity contribution < 1.29 is 28.7 Å². The van der Waals surface area contributed by atoms with Crippen LogP contribution in [0, 0.1) is 13.8 Å². The van der Waals surface area contributed by atoms with Gasteiger partial charge in [0.1, 0.15) is 22.8 Å². The van der Waals surface area contributed by atoms with Crippen LogP contribution in [-0.2, 0) is 45.0 Å². The fraction of sp³-hybridized carbons (Fsp3) is 0.286. The first-order valence-corrected chi connectivity index (χ1v) is 24.6. The van der Waals surface area contributed by atoms with Crippen LogP contribution in [0.25, 0.3) is 0 Å². The average molecular weight is 1040 g/mol. The van der Waals surface area contributed by atoms with E-state index in [2.05, 4.69) is 59.7 Å². The third kappa shape index (κ3) is 16.8. The molecule has 2 aliphatic rings. The van der Waals surface area contributed by atoms with Crippen molar-refractivity contribution in [1.29, 1.82) is 0 Å². The smallest absolute Gasteiger partial charge is 0.410 e. The monoisotopic (exact) mass is 1040 g/mol. The highest BCUT2D eigenvalue weighted by molar-refractivity contribution is 6.28. The number of nitrogens with two attached hydrogens (primary N) is 1. The second kappa shape index (κ2) is 24.9. The topological polar surface area (TPSA) is 231 Å². The fourth-order valence-corrected chi connectivity index (χ4v) is 7.77. The molecule has 18 nitrogen and oxygen atoms in total. The number of halogens is 1. The fourth-order valence-electron chi connectivity index (χ4n) is 7.64. The zero-order valence-corrected chi connectivity index (χ0v) is 44.4. The summed E-state index contributed by atoms with van der Waals surface area (Å²) >= 11 is 5.77. The van der Waals surface area contributed by atoms with E-state index in [1.54, 1.807) is 40.4 Å². The second-order valence-corrected chi connectivity index (χ2v) is 19.9. The predicted molar refractivity (Wildman–Crippen MR) is 297 cm³/mol. The number of carbonyl (C=O) groups excluding carboxylic acids is 4. The molecule has 6 aromatic rings. The number of anilines is 9. The van der Waals surface area contributed by atoms with Gasteiger partial charge in [0.15, 0.2) is 0 Å². The molecule has 7 N–H and O–H groups in total. The van der Waals surface area contributed by atoms with Gasteiger partial charge in [-0.3, -0.25) is 9.59 Å². The van der Waals surface area contributed by atoms with E-state index in [4.69, 9.17) is 26.8 Å². The third-order valence-electron chi connectivity index (χ3n) is 11.2. The Morgan fingerprint density at radius 1 is 0.627 bits per heavy atom. The SMILES string of the molecule is C=CC(=O)Nc1cccc(Nc2nc(Cl)ncc2C)c1.C=CC(=O)Nc1cccc(Nc2nc(Nc3cccc4c3CCN(C(=O)OC(C)(C)C)C4)ncc2C)c1.CC(C)(C)OC(=O)N1CCc2c(N)cccc2C1. The average Bonchev–Trinajstić information content (AvgIpc) is 3.35. The lowest BCUT2D eigenvalue weighted by atomic mass is 9.98. The molecule has 0 unspecified atom stereocenters. The number of ether oxygens (including phenoxy) is 2. The van der Waals surface area contributed by atoms with Gasteiger partial charge in [0.05, 0.1) is 0 Å². The van der Waals surface area contributed by atoms with Crippen molar-refractivity contribution in [2.45, 2.75) is 92.5 Å². The summed E-state index contributed by atoms with van der Waals surface area (Å²) in [6, 6.07) is 26.4. The van der Waals surface area contributed by atoms with Crippen LogP contribution in [-0.4, -0.2) is 78.0 Å². The number of carbonyl (C=O) groups is 4. The standard InChI is InChI=1S/C28H32N6O3.C14H13ClN4O.C14H20N2O2/c1-6-24(35)30-20-10-8-11-21(15-20)31-25-18(2)16-29-26(33-25)32-23-12-7-9-19-17-34(14-13-22(19)23)27(36)37-28(3,4)5;1-3-12(20)17-10-5-4-6-11(7-10)18-13-9(2)8-16-14(15)19-13;1-14(2,3)18-13(17)16-8-7-11-10(9-16)5-4-6-12(11)15/h6-12,15-16H,1,13-14,17H2,2-5H3,(H,30,35)(H2,29,31,32,33);3-8H,1H2,2H3,(H,17,20)(H,16,18,19);4-6H,7-9,15H2,1-3H3. The van der Waals surface area contributed by atoms with Crippen LogP contribution < -0.4 is 32.3 Å². The second-order valence-electron chi connectivity index (χ2n) is 19.6. The van der Waals surface area contributed by atoms with E-state index in [0.29, 0.717) is 61.6 Å². The number of hydrogen-bond acceptors (Lipinski definition) is 14. The summed E-state index contributed by atoms with van der Waals surface area (Å²) in [5, 5.41) is 15.4. The van der Waals surface area contributed by atoms with E-state index in [1.165, 1.54) is 12.2 Å². The van der Waals surface area contributed by atoms with E-state index in [1.807, 2.05) is 122 Å². The normalized spacial score (nSPS) is 12.6. The van der Waals surface area contributed by atoms with Crippen LogP contribution in [0.5, 0.6) is 0 Å². The molecule has 0 saturated carbocycles. The van der Waals surface area contributed by atoms with Crippen molar-refractivity contribution in [2.24, 2.45) is 0 Å². The van der Waals surface area contributed by atoms with Gasteiger partial charge in [0, 0.05) is 83.8 Å². The first-order chi connectivity index (χ1) is 35.6. The van der Waals surface area contributed by atoms with Gasteiger partial charge < -0.3 is 51.6 Å². The molecule has 0 radical (unpaired) electrons. The van der Waals surface area contributed by atoms with Crippen LogP contribution in [0.2, 0.25) is 5.28 Å². The van der Waals surface area contributed by atoms with Crippen LogP contribution in [0.3, 0.4) is 0 Å². The number of aromatic nitrogens is 4. The lowest BCUT2D eigenvalue weighted by Crippen LogP contribution is -2.40. The molecule has 4 aromatic carbocycles. The zero-order valence-electron chi connectivity index (χ0n) is 43.6. The van der Waals surface area contributed by atoms with Gasteiger partial charge in [-0.25, -0.2) is 24.5 Å². The van der Waals surface area contributed by atoms with Crippen LogP contribution in [0.4, 0.5) is 61.3 Å². The number of rotatable bonds is 10. The number of nitrogens with one attached hydrogen (secondary N) is 5. The third-order valence-corrected chi connectivity index (χ3v) is 11.4. The molecule has 4 amide bonds. The summed E-state index contributed by atoms with van der Waals surface area (Å²) < 4.78 is 10.9. The summed E-state index contributed by atoms with van der Waals surface area (Å²) in [6.45, 7) is 24.2. The summed E-state index contributed by atoms with van der Waals surface area (Å²) in [5.41, 5.74) is 15.8. The Morgan fingerprint density at radius 2 is 1.08 bits per heavy atom. The molecule has 0 saturated heterocycles. The number of amides is 4. The van der Waals surface area contributed by atoms with Crippen molar-refractivity contribution in [3.8, 4) is 0 Å². The summed E-state index contributed by atoms with van der Waals surface area (Å²) in [7, 11) is 0. The van der Waals surface area contributed by atoms with Gasteiger partial charge in [-0.15, -0.1) is 0 Å². The van der Waals surface area contributed by atoms with Crippen molar-refractivity contribution >= 4 is 87.3 Å². The minimum Gasteiger partial charge on any atom is -0.444 e. The van der Waals surface area contributed by atoms with Gasteiger partial charge in [-0.2, -0.15) is 4.98 Å².